The van der Waals surface area contributed by atoms with E-state index in [2.05, 4.69) is 113 Å². The van der Waals surface area contributed by atoms with E-state index in [-0.39, 0.29) is 23.7 Å². The molecule has 0 amide bonds. The molecular formula is C35H31BN2O2. The Kier molecular flexibility index (Phi) is 4.62. The van der Waals surface area contributed by atoms with Crippen molar-refractivity contribution >= 4 is 55.9 Å². The van der Waals surface area contributed by atoms with Crippen LogP contribution in [0.4, 0.5) is 0 Å². The molecule has 2 aliphatic rings. The van der Waals surface area contributed by atoms with Crippen molar-refractivity contribution in [2.24, 2.45) is 0 Å². The normalized spacial score (nSPS) is 18.6. The number of pyridine rings is 2. The first kappa shape index (κ1) is 24.0. The lowest BCUT2D eigenvalue weighted by Crippen LogP contribution is -2.41. The zero-order valence-electron chi connectivity index (χ0n) is 23.8. The van der Waals surface area contributed by atoms with Gasteiger partial charge in [0.2, 0.25) is 0 Å². The van der Waals surface area contributed by atoms with E-state index in [1.54, 1.807) is 0 Å². The smallest absolute Gasteiger partial charge is 0.399 e. The standard InChI is InChI=1S/C35H31BN2O2/c1-33(2)26-18-24(28-14-13-21-10-9-20-8-7-15-37-31(20)32(21)38-28)16-22-11-12-23-17-25(19-27(33)30(23)29(22)26)36-39-34(3,4)35(5,6)40-36/h7-19H,1-6H3. The van der Waals surface area contributed by atoms with Crippen molar-refractivity contribution in [3.8, 4) is 11.3 Å². The maximum absolute atomic E-state index is 6.45. The molecule has 0 radical (unpaired) electrons. The fraction of sp³-hybridized carbons (Fsp3) is 0.257. The number of fused-ring (bicyclic) bond motifs is 3. The molecule has 0 N–H and O–H groups in total. The molecule has 0 atom stereocenters. The summed E-state index contributed by atoms with van der Waals surface area (Å²) < 4.78 is 12.9. The van der Waals surface area contributed by atoms with Gasteiger partial charge >= 0.3 is 7.12 Å². The van der Waals surface area contributed by atoms with E-state index in [9.17, 15) is 0 Å². The van der Waals surface area contributed by atoms with Crippen molar-refractivity contribution in [1.29, 1.82) is 0 Å². The molecule has 2 aromatic heterocycles. The number of rotatable bonds is 2. The van der Waals surface area contributed by atoms with Crippen molar-refractivity contribution < 1.29 is 9.31 Å². The number of aromatic nitrogens is 2. The molecule has 1 fully saturated rings. The first-order valence-electron chi connectivity index (χ1n) is 14.1. The molecular weight excluding hydrogens is 491 g/mol. The average Bonchev–Trinajstić information content (AvgIpc) is 3.31. The summed E-state index contributed by atoms with van der Waals surface area (Å²) in [5.41, 5.74) is 6.79. The molecule has 0 unspecified atom stereocenters. The lowest BCUT2D eigenvalue weighted by Gasteiger charge is -2.32. The first-order chi connectivity index (χ1) is 19.0. The Morgan fingerprint density at radius 1 is 0.625 bits per heavy atom. The fourth-order valence-electron chi connectivity index (χ4n) is 6.63. The number of hydrogen-bond acceptors (Lipinski definition) is 4. The lowest BCUT2D eigenvalue weighted by atomic mass is 9.74. The van der Waals surface area contributed by atoms with E-state index in [1.165, 1.54) is 32.7 Å². The Labute approximate surface area is 234 Å². The minimum absolute atomic E-state index is 0.180. The molecule has 3 heterocycles. The van der Waals surface area contributed by atoms with Crippen LogP contribution in [0, 0.1) is 0 Å². The second kappa shape index (κ2) is 7.69. The minimum atomic E-state index is -0.387. The average molecular weight is 522 g/mol. The number of benzene rings is 4. The summed E-state index contributed by atoms with van der Waals surface area (Å²) in [4.78, 5) is 9.82. The van der Waals surface area contributed by atoms with E-state index in [4.69, 9.17) is 14.3 Å². The van der Waals surface area contributed by atoms with Crippen LogP contribution in [0.1, 0.15) is 52.7 Å². The Morgan fingerprint density at radius 3 is 1.95 bits per heavy atom. The molecule has 0 saturated carbocycles. The zero-order chi connectivity index (χ0) is 27.6. The van der Waals surface area contributed by atoms with Gasteiger partial charge in [0.1, 0.15) is 0 Å². The van der Waals surface area contributed by atoms with Crippen LogP contribution in [0.5, 0.6) is 0 Å². The van der Waals surface area contributed by atoms with Crippen LogP contribution in [0.3, 0.4) is 0 Å². The lowest BCUT2D eigenvalue weighted by molar-refractivity contribution is 0.00578. The third-order valence-corrected chi connectivity index (χ3v) is 9.65. The zero-order valence-corrected chi connectivity index (χ0v) is 23.8. The SMILES string of the molecule is CC1(C)c2cc(B3OC(C)(C)C(C)(C)O3)cc3ccc4cc(-c5ccc6ccc7cccnc7c6n5)cc1c4c23. The van der Waals surface area contributed by atoms with Crippen molar-refractivity contribution in [2.45, 2.75) is 58.2 Å². The van der Waals surface area contributed by atoms with E-state index >= 15 is 0 Å². The van der Waals surface area contributed by atoms with Crippen molar-refractivity contribution in [2.75, 3.05) is 0 Å². The predicted molar refractivity (Wildman–Crippen MR) is 165 cm³/mol. The first-order valence-corrected chi connectivity index (χ1v) is 14.1. The molecule has 5 heteroatoms. The second-order valence-electron chi connectivity index (χ2n) is 13.0. The van der Waals surface area contributed by atoms with Gasteiger partial charge in [0, 0.05) is 27.9 Å². The van der Waals surface area contributed by atoms with Crippen LogP contribution in [0.15, 0.2) is 79.0 Å². The highest BCUT2D eigenvalue weighted by atomic mass is 16.7. The molecule has 8 rings (SSSR count). The Balaban J connectivity index is 1.30. The Hall–Kier alpha value is -3.80. The van der Waals surface area contributed by atoms with E-state index in [0.717, 1.165) is 38.5 Å². The second-order valence-corrected chi connectivity index (χ2v) is 13.0. The van der Waals surface area contributed by atoms with Gasteiger partial charge in [0.05, 0.1) is 27.9 Å². The molecule has 1 saturated heterocycles. The molecule has 1 aliphatic carbocycles. The molecule has 6 aromatic rings. The van der Waals surface area contributed by atoms with Gasteiger partial charge in [-0.2, -0.15) is 0 Å². The topological polar surface area (TPSA) is 44.2 Å². The van der Waals surface area contributed by atoms with Gasteiger partial charge in [-0.1, -0.05) is 62.4 Å². The van der Waals surface area contributed by atoms with Gasteiger partial charge in [-0.05, 0) is 90.1 Å². The van der Waals surface area contributed by atoms with Gasteiger partial charge in [-0.3, -0.25) is 4.98 Å². The van der Waals surface area contributed by atoms with Crippen LogP contribution in [0.2, 0.25) is 0 Å². The monoisotopic (exact) mass is 522 g/mol. The molecule has 4 aromatic carbocycles. The van der Waals surface area contributed by atoms with Crippen molar-refractivity contribution in [3.05, 3.63) is 90.1 Å². The highest BCUT2D eigenvalue weighted by Gasteiger charge is 2.52. The number of nitrogens with zero attached hydrogens (tertiary/aromatic N) is 2. The minimum Gasteiger partial charge on any atom is -0.399 e. The van der Waals surface area contributed by atoms with E-state index in [0.29, 0.717) is 0 Å². The Bertz CT molecular complexity index is 2050. The molecule has 40 heavy (non-hydrogen) atoms. The van der Waals surface area contributed by atoms with E-state index in [1.807, 2.05) is 12.3 Å². The maximum atomic E-state index is 6.45. The summed E-state index contributed by atoms with van der Waals surface area (Å²) in [7, 11) is -0.387. The van der Waals surface area contributed by atoms with Crippen LogP contribution in [-0.4, -0.2) is 28.3 Å². The van der Waals surface area contributed by atoms with Gasteiger partial charge in [-0.25, -0.2) is 4.98 Å². The van der Waals surface area contributed by atoms with Gasteiger partial charge in [0.15, 0.2) is 0 Å². The quantitative estimate of drug-likeness (QED) is 0.173. The van der Waals surface area contributed by atoms with Gasteiger partial charge < -0.3 is 9.31 Å². The summed E-state index contributed by atoms with van der Waals surface area (Å²) in [6.07, 6.45) is 1.84. The highest BCUT2D eigenvalue weighted by molar-refractivity contribution is 6.62. The summed E-state index contributed by atoms with van der Waals surface area (Å²) in [5, 5.41) is 7.36. The summed E-state index contributed by atoms with van der Waals surface area (Å²) >= 11 is 0. The highest BCUT2D eigenvalue weighted by Crippen LogP contribution is 2.50. The summed E-state index contributed by atoms with van der Waals surface area (Å²) in [6.45, 7) is 13.1. The number of hydrogen-bond donors (Lipinski definition) is 0. The van der Waals surface area contributed by atoms with Crippen molar-refractivity contribution in [3.63, 3.8) is 0 Å². The summed E-state index contributed by atoms with van der Waals surface area (Å²) in [6, 6.07) is 26.3. The molecule has 0 bridgehead atoms. The fourth-order valence-corrected chi connectivity index (χ4v) is 6.63. The van der Waals surface area contributed by atoms with Crippen LogP contribution >= 0.6 is 0 Å². The van der Waals surface area contributed by atoms with Crippen molar-refractivity contribution in [1.82, 2.24) is 9.97 Å². The molecule has 4 nitrogen and oxygen atoms in total. The van der Waals surface area contributed by atoms with Gasteiger partial charge in [0.25, 0.3) is 0 Å². The third-order valence-electron chi connectivity index (χ3n) is 9.65. The third kappa shape index (κ3) is 3.16. The van der Waals surface area contributed by atoms with E-state index < -0.39 is 0 Å². The molecule has 196 valence electrons. The van der Waals surface area contributed by atoms with Gasteiger partial charge in [-0.15, -0.1) is 0 Å². The van der Waals surface area contributed by atoms with Crippen LogP contribution < -0.4 is 5.46 Å². The molecule has 1 aliphatic heterocycles. The summed E-state index contributed by atoms with van der Waals surface area (Å²) in [5.74, 6) is 0. The Morgan fingerprint density at radius 2 is 1.23 bits per heavy atom. The predicted octanol–water partition coefficient (Wildman–Crippen LogP) is 7.69. The largest absolute Gasteiger partial charge is 0.494 e. The van der Waals surface area contributed by atoms with Crippen LogP contribution in [0.25, 0.3) is 54.6 Å². The maximum Gasteiger partial charge on any atom is 0.494 e. The van der Waals surface area contributed by atoms with Crippen LogP contribution in [-0.2, 0) is 14.7 Å². The molecule has 0 spiro atoms.